The molecule has 0 saturated heterocycles. The van der Waals surface area contributed by atoms with Crippen molar-refractivity contribution in [3.63, 3.8) is 0 Å². The van der Waals surface area contributed by atoms with E-state index in [-0.39, 0.29) is 12.0 Å². The first-order valence-corrected chi connectivity index (χ1v) is 8.06. The number of aliphatic hydroxyl groups is 1. The summed E-state index contributed by atoms with van der Waals surface area (Å²) < 4.78 is 0. The van der Waals surface area contributed by atoms with Crippen LogP contribution in [-0.2, 0) is 4.79 Å². The summed E-state index contributed by atoms with van der Waals surface area (Å²) in [6.07, 6.45) is 9.42. The molecule has 0 heterocycles. The second kappa shape index (κ2) is 9.35. The van der Waals surface area contributed by atoms with Gasteiger partial charge in [0.1, 0.15) is 0 Å². The van der Waals surface area contributed by atoms with Crippen LogP contribution in [-0.4, -0.2) is 23.7 Å². The van der Waals surface area contributed by atoms with Crippen LogP contribution in [0.25, 0.3) is 0 Å². The van der Waals surface area contributed by atoms with Gasteiger partial charge in [-0.2, -0.15) is 0 Å². The average Bonchev–Trinajstić information content (AvgIpc) is 2.37. The topological polar surface area (TPSA) is 49.3 Å². The van der Waals surface area contributed by atoms with Crippen molar-refractivity contribution in [2.75, 3.05) is 6.54 Å². The van der Waals surface area contributed by atoms with Crippen LogP contribution in [0, 0.1) is 11.8 Å². The number of unbranched alkanes of at least 4 members (excludes halogenated alkanes) is 2. The van der Waals surface area contributed by atoms with Crippen LogP contribution < -0.4 is 5.32 Å². The highest BCUT2D eigenvalue weighted by Gasteiger charge is 2.20. The van der Waals surface area contributed by atoms with E-state index in [0.717, 1.165) is 38.6 Å². The van der Waals surface area contributed by atoms with Crippen LogP contribution in [0.1, 0.15) is 71.6 Å². The molecule has 1 fully saturated rings. The molecule has 1 aliphatic carbocycles. The van der Waals surface area contributed by atoms with E-state index in [2.05, 4.69) is 19.2 Å². The van der Waals surface area contributed by atoms with Crippen LogP contribution >= 0.6 is 0 Å². The number of hydrogen-bond donors (Lipinski definition) is 2. The van der Waals surface area contributed by atoms with Crippen molar-refractivity contribution in [2.24, 2.45) is 11.8 Å². The fourth-order valence-corrected chi connectivity index (χ4v) is 2.94. The quantitative estimate of drug-likeness (QED) is 0.664. The zero-order chi connectivity index (χ0) is 14.1. The summed E-state index contributed by atoms with van der Waals surface area (Å²) >= 11 is 0. The largest absolute Gasteiger partial charge is 0.393 e. The van der Waals surface area contributed by atoms with E-state index in [1.54, 1.807) is 0 Å². The predicted molar refractivity (Wildman–Crippen MR) is 78.9 cm³/mol. The van der Waals surface area contributed by atoms with Crippen molar-refractivity contribution in [3.05, 3.63) is 0 Å². The number of amides is 1. The molecule has 0 bridgehead atoms. The Kier molecular flexibility index (Phi) is 8.11. The van der Waals surface area contributed by atoms with Crippen LogP contribution in [0.15, 0.2) is 0 Å². The van der Waals surface area contributed by atoms with Gasteiger partial charge in [0.15, 0.2) is 0 Å². The summed E-state index contributed by atoms with van der Waals surface area (Å²) in [7, 11) is 0. The van der Waals surface area contributed by atoms with Crippen molar-refractivity contribution in [2.45, 2.75) is 77.7 Å². The normalized spacial score (nSPS) is 25.0. The van der Waals surface area contributed by atoms with Gasteiger partial charge in [0, 0.05) is 13.0 Å². The Balaban J connectivity index is 2.09. The lowest BCUT2D eigenvalue weighted by Crippen LogP contribution is -2.33. The number of nitrogens with one attached hydrogen (secondary N) is 1. The summed E-state index contributed by atoms with van der Waals surface area (Å²) in [5, 5.41) is 12.6. The standard InChI is InChI=1S/C16H31NO2/c1-3-4-5-7-13(2)10-16(19)17-12-14-8-6-9-15(18)11-14/h13-15,18H,3-12H2,1-2H3,(H,17,19). The lowest BCUT2D eigenvalue weighted by atomic mass is 9.87. The fourth-order valence-electron chi connectivity index (χ4n) is 2.94. The van der Waals surface area contributed by atoms with Gasteiger partial charge in [-0.15, -0.1) is 0 Å². The Labute approximate surface area is 118 Å². The number of aliphatic hydroxyl groups excluding tert-OH is 1. The van der Waals surface area contributed by atoms with Crippen LogP contribution in [0.3, 0.4) is 0 Å². The molecule has 3 atom stereocenters. The van der Waals surface area contributed by atoms with Crippen LogP contribution in [0.2, 0.25) is 0 Å². The molecule has 0 aromatic heterocycles. The molecular weight excluding hydrogens is 238 g/mol. The highest BCUT2D eigenvalue weighted by Crippen LogP contribution is 2.23. The Morgan fingerprint density at radius 3 is 2.84 bits per heavy atom. The summed E-state index contributed by atoms with van der Waals surface area (Å²) in [6, 6.07) is 0. The third kappa shape index (κ3) is 7.56. The second-order valence-corrected chi connectivity index (χ2v) is 6.30. The fraction of sp³-hybridized carbons (Fsp3) is 0.938. The summed E-state index contributed by atoms with van der Waals surface area (Å²) in [4.78, 5) is 11.8. The van der Waals surface area contributed by atoms with Gasteiger partial charge in [-0.3, -0.25) is 4.79 Å². The van der Waals surface area contributed by atoms with E-state index in [0.29, 0.717) is 18.3 Å². The molecule has 0 aliphatic heterocycles. The van der Waals surface area contributed by atoms with Crippen molar-refractivity contribution in [3.8, 4) is 0 Å². The molecule has 0 spiro atoms. The Bertz CT molecular complexity index is 255. The van der Waals surface area contributed by atoms with Gasteiger partial charge >= 0.3 is 0 Å². The zero-order valence-corrected chi connectivity index (χ0v) is 12.7. The molecule has 0 aromatic carbocycles. The molecule has 1 saturated carbocycles. The Morgan fingerprint density at radius 1 is 1.37 bits per heavy atom. The van der Waals surface area contributed by atoms with E-state index >= 15 is 0 Å². The predicted octanol–water partition coefficient (Wildman–Crippen LogP) is 3.26. The lowest BCUT2D eigenvalue weighted by molar-refractivity contribution is -0.122. The molecular formula is C16H31NO2. The minimum absolute atomic E-state index is 0.149. The molecule has 0 radical (unpaired) electrons. The first kappa shape index (κ1) is 16.5. The molecule has 1 rings (SSSR count). The van der Waals surface area contributed by atoms with E-state index in [4.69, 9.17) is 0 Å². The van der Waals surface area contributed by atoms with Gasteiger partial charge in [-0.05, 0) is 31.1 Å². The molecule has 0 aromatic rings. The zero-order valence-electron chi connectivity index (χ0n) is 12.7. The van der Waals surface area contributed by atoms with Gasteiger partial charge in [0.05, 0.1) is 6.10 Å². The van der Waals surface area contributed by atoms with Gasteiger partial charge in [0.2, 0.25) is 5.91 Å². The van der Waals surface area contributed by atoms with Gasteiger partial charge in [-0.1, -0.05) is 46.0 Å². The summed E-state index contributed by atoms with van der Waals surface area (Å²) in [5.74, 6) is 1.15. The number of hydrogen-bond acceptors (Lipinski definition) is 2. The molecule has 19 heavy (non-hydrogen) atoms. The maximum Gasteiger partial charge on any atom is 0.220 e. The molecule has 112 valence electrons. The summed E-state index contributed by atoms with van der Waals surface area (Å²) in [6.45, 7) is 5.12. The molecule has 2 N–H and O–H groups in total. The highest BCUT2D eigenvalue weighted by atomic mass is 16.3. The monoisotopic (exact) mass is 269 g/mol. The second-order valence-electron chi connectivity index (χ2n) is 6.30. The first-order chi connectivity index (χ1) is 9.11. The minimum Gasteiger partial charge on any atom is -0.393 e. The lowest BCUT2D eigenvalue weighted by Gasteiger charge is -2.26. The van der Waals surface area contributed by atoms with Crippen molar-refractivity contribution < 1.29 is 9.90 Å². The van der Waals surface area contributed by atoms with E-state index in [1.807, 2.05) is 0 Å². The van der Waals surface area contributed by atoms with Crippen LogP contribution in [0.4, 0.5) is 0 Å². The SMILES string of the molecule is CCCCCC(C)CC(=O)NCC1CCCC(O)C1. The highest BCUT2D eigenvalue weighted by molar-refractivity contribution is 5.76. The van der Waals surface area contributed by atoms with Gasteiger partial charge in [-0.25, -0.2) is 0 Å². The maximum atomic E-state index is 11.8. The third-order valence-electron chi connectivity index (χ3n) is 4.18. The van der Waals surface area contributed by atoms with Crippen LogP contribution in [0.5, 0.6) is 0 Å². The average molecular weight is 269 g/mol. The van der Waals surface area contributed by atoms with Crippen molar-refractivity contribution >= 4 is 5.91 Å². The molecule has 1 amide bonds. The summed E-state index contributed by atoms with van der Waals surface area (Å²) in [5.41, 5.74) is 0. The number of carbonyl (C=O) groups excluding carboxylic acids is 1. The maximum absolute atomic E-state index is 11.8. The Morgan fingerprint density at radius 2 is 2.16 bits per heavy atom. The van der Waals surface area contributed by atoms with E-state index < -0.39 is 0 Å². The van der Waals surface area contributed by atoms with Gasteiger partial charge in [0.25, 0.3) is 0 Å². The first-order valence-electron chi connectivity index (χ1n) is 8.06. The molecule has 3 heteroatoms. The van der Waals surface area contributed by atoms with E-state index in [1.165, 1.54) is 19.3 Å². The smallest absolute Gasteiger partial charge is 0.220 e. The molecule has 3 unspecified atom stereocenters. The molecule has 1 aliphatic rings. The molecule has 3 nitrogen and oxygen atoms in total. The third-order valence-corrected chi connectivity index (χ3v) is 4.18. The Hall–Kier alpha value is -0.570. The van der Waals surface area contributed by atoms with Gasteiger partial charge < -0.3 is 10.4 Å². The van der Waals surface area contributed by atoms with Crippen molar-refractivity contribution in [1.82, 2.24) is 5.32 Å². The number of rotatable bonds is 8. The van der Waals surface area contributed by atoms with Crippen molar-refractivity contribution in [1.29, 1.82) is 0 Å². The van der Waals surface area contributed by atoms with E-state index in [9.17, 15) is 9.90 Å². The minimum atomic E-state index is -0.149. The number of carbonyl (C=O) groups is 1.